The molecule has 0 spiro atoms. The number of ether oxygens (including phenoxy) is 1. The van der Waals surface area contributed by atoms with E-state index in [1.807, 2.05) is 24.3 Å². The third-order valence-electron chi connectivity index (χ3n) is 6.28. The highest BCUT2D eigenvalue weighted by Crippen LogP contribution is 2.29. The highest BCUT2D eigenvalue weighted by atomic mass is 19.1. The van der Waals surface area contributed by atoms with Crippen molar-refractivity contribution in [2.75, 3.05) is 57.8 Å². The van der Waals surface area contributed by atoms with Crippen LogP contribution in [-0.2, 0) is 0 Å². The van der Waals surface area contributed by atoms with Crippen molar-refractivity contribution in [1.82, 2.24) is 9.80 Å². The lowest BCUT2D eigenvalue weighted by Crippen LogP contribution is -2.55. The van der Waals surface area contributed by atoms with Crippen LogP contribution >= 0.6 is 0 Å². The number of benzene rings is 2. The molecular formula is C25H32FN3O. The Morgan fingerprint density at radius 3 is 2.53 bits per heavy atom. The molecule has 0 aliphatic carbocycles. The normalized spacial score (nSPS) is 21.3. The van der Waals surface area contributed by atoms with Gasteiger partial charge in [-0.25, -0.2) is 4.39 Å². The van der Waals surface area contributed by atoms with E-state index in [1.54, 1.807) is 7.11 Å². The number of halogens is 1. The topological polar surface area (TPSA) is 19.0 Å². The molecule has 2 aromatic rings. The first-order valence-corrected chi connectivity index (χ1v) is 11.0. The third kappa shape index (κ3) is 5.21. The second kappa shape index (κ2) is 10.1. The van der Waals surface area contributed by atoms with Crippen LogP contribution in [0.5, 0.6) is 5.75 Å². The van der Waals surface area contributed by atoms with Crippen LogP contribution in [0, 0.1) is 5.82 Å². The first-order valence-electron chi connectivity index (χ1n) is 11.0. The first kappa shape index (κ1) is 20.9. The lowest BCUT2D eigenvalue weighted by atomic mass is 10.0. The van der Waals surface area contributed by atoms with E-state index in [1.165, 1.54) is 30.7 Å². The number of para-hydroxylation sites is 2. The highest BCUT2D eigenvalue weighted by Gasteiger charge is 2.28. The molecule has 0 bridgehead atoms. The second-order valence-corrected chi connectivity index (χ2v) is 8.20. The van der Waals surface area contributed by atoms with Crippen molar-refractivity contribution in [2.45, 2.75) is 18.9 Å². The Bertz CT molecular complexity index is 831. The van der Waals surface area contributed by atoms with E-state index >= 15 is 0 Å². The van der Waals surface area contributed by atoms with Gasteiger partial charge in [-0.15, -0.1) is 0 Å². The predicted octanol–water partition coefficient (Wildman–Crippen LogP) is 4.13. The van der Waals surface area contributed by atoms with Crippen LogP contribution in [0.4, 0.5) is 10.1 Å². The van der Waals surface area contributed by atoms with E-state index in [0.717, 1.165) is 57.1 Å². The van der Waals surface area contributed by atoms with Crippen LogP contribution in [0.15, 0.2) is 54.6 Å². The Hall–Kier alpha value is -2.37. The Labute approximate surface area is 179 Å². The van der Waals surface area contributed by atoms with Crippen LogP contribution in [0.3, 0.4) is 0 Å². The maximum absolute atomic E-state index is 13.0. The zero-order valence-electron chi connectivity index (χ0n) is 17.8. The fraction of sp³-hybridized carbons (Fsp3) is 0.440. The fourth-order valence-corrected chi connectivity index (χ4v) is 4.63. The fourth-order valence-electron chi connectivity index (χ4n) is 4.63. The van der Waals surface area contributed by atoms with Crippen molar-refractivity contribution >= 4 is 11.8 Å². The number of hydrogen-bond acceptors (Lipinski definition) is 4. The summed E-state index contributed by atoms with van der Waals surface area (Å²) in [7, 11) is 1.75. The molecular weight excluding hydrogens is 377 g/mol. The molecule has 4 rings (SSSR count). The average molecular weight is 410 g/mol. The third-order valence-corrected chi connectivity index (χ3v) is 6.28. The number of piperidine rings is 1. The Balaban J connectivity index is 1.27. The molecule has 0 aromatic heterocycles. The van der Waals surface area contributed by atoms with E-state index in [4.69, 9.17) is 4.74 Å². The van der Waals surface area contributed by atoms with Crippen molar-refractivity contribution < 1.29 is 9.13 Å². The van der Waals surface area contributed by atoms with Gasteiger partial charge in [0.1, 0.15) is 11.6 Å². The molecule has 5 heteroatoms. The lowest BCUT2D eigenvalue weighted by molar-refractivity contribution is 0.0991. The lowest BCUT2D eigenvalue weighted by Gasteiger charge is -2.44. The summed E-state index contributed by atoms with van der Waals surface area (Å²) in [4.78, 5) is 7.66. The standard InChI is InChI=1S/C25H32FN3O/c1-30-25-9-3-2-8-24(25)29-18-16-28(17-19-29)23-7-5-15-27(20-23)14-4-6-21-10-12-22(26)13-11-21/h2-4,6,8-13,23H,5,7,14-20H2,1H3. The molecule has 1 atom stereocenters. The Morgan fingerprint density at radius 1 is 1.00 bits per heavy atom. The van der Waals surface area contributed by atoms with Gasteiger partial charge in [0.25, 0.3) is 0 Å². The van der Waals surface area contributed by atoms with Crippen LogP contribution in [-0.4, -0.2) is 68.8 Å². The summed E-state index contributed by atoms with van der Waals surface area (Å²) in [5.41, 5.74) is 2.26. The summed E-state index contributed by atoms with van der Waals surface area (Å²) in [6.07, 6.45) is 6.83. The van der Waals surface area contributed by atoms with E-state index in [-0.39, 0.29) is 5.82 Å². The zero-order valence-corrected chi connectivity index (χ0v) is 17.8. The van der Waals surface area contributed by atoms with Gasteiger partial charge < -0.3 is 9.64 Å². The van der Waals surface area contributed by atoms with E-state index in [2.05, 4.69) is 39.0 Å². The molecule has 2 heterocycles. The minimum Gasteiger partial charge on any atom is -0.495 e. The van der Waals surface area contributed by atoms with E-state index < -0.39 is 0 Å². The molecule has 0 amide bonds. The molecule has 2 aromatic carbocycles. The van der Waals surface area contributed by atoms with Crippen molar-refractivity contribution in [1.29, 1.82) is 0 Å². The molecule has 0 saturated carbocycles. The molecule has 2 fully saturated rings. The van der Waals surface area contributed by atoms with Gasteiger partial charge in [-0.1, -0.05) is 36.4 Å². The number of rotatable bonds is 6. The van der Waals surface area contributed by atoms with Gasteiger partial charge in [0, 0.05) is 45.3 Å². The summed E-state index contributed by atoms with van der Waals surface area (Å²) < 4.78 is 18.6. The largest absolute Gasteiger partial charge is 0.495 e. The van der Waals surface area contributed by atoms with Crippen LogP contribution in [0.1, 0.15) is 18.4 Å². The number of piperazine rings is 1. The van der Waals surface area contributed by atoms with E-state index in [0.29, 0.717) is 6.04 Å². The predicted molar refractivity (Wildman–Crippen MR) is 122 cm³/mol. The number of nitrogens with zero attached hydrogens (tertiary/aromatic N) is 3. The van der Waals surface area contributed by atoms with Gasteiger partial charge in [-0.3, -0.25) is 9.80 Å². The highest BCUT2D eigenvalue weighted by molar-refractivity contribution is 5.58. The number of methoxy groups -OCH3 is 1. The quantitative estimate of drug-likeness (QED) is 0.714. The zero-order chi connectivity index (χ0) is 20.8. The second-order valence-electron chi connectivity index (χ2n) is 8.20. The van der Waals surface area contributed by atoms with Gasteiger partial charge in [-0.05, 0) is 49.2 Å². The summed E-state index contributed by atoms with van der Waals surface area (Å²) >= 11 is 0. The average Bonchev–Trinajstić information content (AvgIpc) is 2.81. The molecule has 2 aliphatic rings. The molecule has 2 aliphatic heterocycles. The van der Waals surface area contributed by atoms with Crippen LogP contribution in [0.25, 0.3) is 6.08 Å². The minimum absolute atomic E-state index is 0.183. The maximum Gasteiger partial charge on any atom is 0.142 e. The van der Waals surface area contributed by atoms with Crippen molar-refractivity contribution in [2.24, 2.45) is 0 Å². The van der Waals surface area contributed by atoms with Gasteiger partial charge in [0.2, 0.25) is 0 Å². The number of anilines is 1. The smallest absolute Gasteiger partial charge is 0.142 e. The molecule has 0 radical (unpaired) electrons. The van der Waals surface area contributed by atoms with Gasteiger partial charge >= 0.3 is 0 Å². The van der Waals surface area contributed by atoms with E-state index in [9.17, 15) is 4.39 Å². The summed E-state index contributed by atoms with van der Waals surface area (Å²) in [6.45, 7) is 7.52. The summed E-state index contributed by atoms with van der Waals surface area (Å²) in [5.74, 6) is 0.777. The summed E-state index contributed by atoms with van der Waals surface area (Å²) in [6, 6.07) is 15.6. The SMILES string of the molecule is COc1ccccc1N1CCN(C2CCCN(CC=Cc3ccc(F)cc3)C2)CC1. The van der Waals surface area contributed by atoms with Crippen LogP contribution in [0.2, 0.25) is 0 Å². The number of hydrogen-bond donors (Lipinski definition) is 0. The molecule has 4 nitrogen and oxygen atoms in total. The molecule has 2 saturated heterocycles. The van der Waals surface area contributed by atoms with Gasteiger partial charge in [0.15, 0.2) is 0 Å². The molecule has 1 unspecified atom stereocenters. The molecule has 0 N–H and O–H groups in total. The van der Waals surface area contributed by atoms with Gasteiger partial charge in [0.05, 0.1) is 12.8 Å². The number of likely N-dealkylation sites (tertiary alicyclic amines) is 1. The Kier molecular flexibility index (Phi) is 7.03. The van der Waals surface area contributed by atoms with Crippen molar-refractivity contribution in [3.05, 3.63) is 66.0 Å². The van der Waals surface area contributed by atoms with Crippen molar-refractivity contribution in [3.63, 3.8) is 0 Å². The Morgan fingerprint density at radius 2 is 1.77 bits per heavy atom. The molecule has 30 heavy (non-hydrogen) atoms. The summed E-state index contributed by atoms with van der Waals surface area (Å²) in [5, 5.41) is 0. The maximum atomic E-state index is 13.0. The van der Waals surface area contributed by atoms with Gasteiger partial charge in [-0.2, -0.15) is 0 Å². The first-order chi connectivity index (χ1) is 14.7. The minimum atomic E-state index is -0.183. The molecule has 160 valence electrons. The van der Waals surface area contributed by atoms with Crippen molar-refractivity contribution in [3.8, 4) is 5.75 Å². The van der Waals surface area contributed by atoms with Crippen LogP contribution < -0.4 is 9.64 Å². The monoisotopic (exact) mass is 409 g/mol.